The molecule has 1 rings (SSSR count). The Morgan fingerprint density at radius 3 is 2.76 bits per heavy atom. The molecule has 0 atom stereocenters. The third-order valence-electron chi connectivity index (χ3n) is 1.79. The monoisotopic (exact) mass is 252 g/mol. The Morgan fingerprint density at radius 1 is 1.41 bits per heavy atom. The topological polar surface area (TPSA) is 60.4 Å². The molecule has 17 heavy (non-hydrogen) atoms. The van der Waals surface area contributed by atoms with Crippen LogP contribution in [0.1, 0.15) is 13.8 Å². The van der Waals surface area contributed by atoms with Crippen molar-refractivity contribution in [3.05, 3.63) is 34.1 Å². The van der Waals surface area contributed by atoms with Crippen LogP contribution >= 0.6 is 11.8 Å². The number of ketones is 2. The van der Waals surface area contributed by atoms with Crippen LogP contribution < -0.4 is 0 Å². The summed E-state index contributed by atoms with van der Waals surface area (Å²) in [5.74, 6) is -0.912. The number of carbonyl (C=O) groups is 3. The van der Waals surface area contributed by atoms with Crippen molar-refractivity contribution in [2.75, 3.05) is 6.61 Å². The van der Waals surface area contributed by atoms with Crippen LogP contribution in [0, 0.1) is 0 Å². The van der Waals surface area contributed by atoms with Crippen molar-refractivity contribution in [2.45, 2.75) is 13.8 Å². The van der Waals surface area contributed by atoms with Gasteiger partial charge in [0.05, 0.1) is 11.5 Å². The Hall–Kier alpha value is -1.62. The second-order valence-corrected chi connectivity index (χ2v) is 4.51. The van der Waals surface area contributed by atoms with Crippen LogP contribution in [-0.2, 0) is 19.1 Å². The van der Waals surface area contributed by atoms with E-state index in [2.05, 4.69) is 0 Å². The van der Waals surface area contributed by atoms with Crippen LogP contribution in [0.3, 0.4) is 0 Å². The predicted molar refractivity (Wildman–Crippen MR) is 65.2 cm³/mol. The van der Waals surface area contributed by atoms with Gasteiger partial charge in [-0.05, 0) is 30.9 Å². The molecule has 0 saturated carbocycles. The summed E-state index contributed by atoms with van der Waals surface area (Å²) < 4.78 is 4.74. The maximum absolute atomic E-state index is 11.4. The highest BCUT2D eigenvalue weighted by Gasteiger charge is 2.14. The summed E-state index contributed by atoms with van der Waals surface area (Å²) >= 11 is 1.09. The van der Waals surface area contributed by atoms with Crippen molar-refractivity contribution in [3.63, 3.8) is 0 Å². The van der Waals surface area contributed by atoms with E-state index in [4.69, 9.17) is 4.74 Å². The summed E-state index contributed by atoms with van der Waals surface area (Å²) in [5, 5.41) is 0. The molecule has 0 saturated heterocycles. The average Bonchev–Trinajstić information content (AvgIpc) is 2.23. The molecule has 90 valence electrons. The SMILES string of the molecule is CCOC(=O)/C=C(\C)SC1=CC(=O)C=CC1=O. The fourth-order valence-corrected chi connectivity index (χ4v) is 1.97. The van der Waals surface area contributed by atoms with E-state index in [9.17, 15) is 14.4 Å². The molecule has 4 nitrogen and oxygen atoms in total. The lowest BCUT2D eigenvalue weighted by molar-refractivity contribution is -0.137. The normalized spacial score (nSPS) is 15.9. The Labute approximate surface area is 103 Å². The van der Waals surface area contributed by atoms with Crippen LogP contribution in [0.15, 0.2) is 34.1 Å². The van der Waals surface area contributed by atoms with Gasteiger partial charge in [-0.2, -0.15) is 0 Å². The Bertz CT molecular complexity index is 443. The smallest absolute Gasteiger partial charge is 0.331 e. The van der Waals surface area contributed by atoms with E-state index in [1.165, 1.54) is 24.3 Å². The molecule has 0 fully saturated rings. The molecule has 0 aromatic rings. The minimum absolute atomic E-state index is 0.226. The fraction of sp³-hybridized carbons (Fsp3) is 0.250. The maximum Gasteiger partial charge on any atom is 0.331 e. The van der Waals surface area contributed by atoms with Crippen molar-refractivity contribution in [1.29, 1.82) is 0 Å². The van der Waals surface area contributed by atoms with E-state index < -0.39 is 5.97 Å². The molecule has 0 amide bonds. The second kappa shape index (κ2) is 6.20. The second-order valence-electron chi connectivity index (χ2n) is 3.22. The van der Waals surface area contributed by atoms with E-state index in [1.54, 1.807) is 13.8 Å². The lowest BCUT2D eigenvalue weighted by atomic mass is 10.2. The van der Waals surface area contributed by atoms with Gasteiger partial charge in [-0.3, -0.25) is 9.59 Å². The molecular weight excluding hydrogens is 240 g/mol. The Kier molecular flexibility index (Phi) is 4.90. The standard InChI is InChI=1S/C12H12O4S/c1-3-16-12(15)6-8(2)17-11-7-9(13)4-5-10(11)14/h4-7H,3H2,1-2H3/b8-6+. The van der Waals surface area contributed by atoms with Crippen LogP contribution in [0.5, 0.6) is 0 Å². The van der Waals surface area contributed by atoms with E-state index in [0.29, 0.717) is 16.4 Å². The number of ether oxygens (including phenoxy) is 1. The van der Waals surface area contributed by atoms with Gasteiger partial charge >= 0.3 is 5.97 Å². The molecule has 0 aliphatic heterocycles. The van der Waals surface area contributed by atoms with Gasteiger partial charge < -0.3 is 4.74 Å². The highest BCUT2D eigenvalue weighted by molar-refractivity contribution is 8.07. The number of carbonyl (C=O) groups excluding carboxylic acids is 3. The molecule has 0 bridgehead atoms. The van der Waals surface area contributed by atoms with Gasteiger partial charge in [0.2, 0.25) is 0 Å². The molecule has 0 aromatic heterocycles. The van der Waals surface area contributed by atoms with Gasteiger partial charge in [0.1, 0.15) is 0 Å². The van der Waals surface area contributed by atoms with Gasteiger partial charge in [-0.15, -0.1) is 0 Å². The highest BCUT2D eigenvalue weighted by Crippen LogP contribution is 2.27. The van der Waals surface area contributed by atoms with Crippen molar-refractivity contribution < 1.29 is 19.1 Å². The minimum Gasteiger partial charge on any atom is -0.463 e. The molecule has 0 radical (unpaired) electrons. The molecule has 0 N–H and O–H groups in total. The average molecular weight is 252 g/mol. The maximum atomic E-state index is 11.4. The molecule has 1 aliphatic carbocycles. The Morgan fingerprint density at radius 2 is 2.12 bits per heavy atom. The van der Waals surface area contributed by atoms with Crippen LogP contribution in [0.4, 0.5) is 0 Å². The van der Waals surface area contributed by atoms with E-state index in [-0.39, 0.29) is 11.6 Å². The van der Waals surface area contributed by atoms with E-state index >= 15 is 0 Å². The summed E-state index contributed by atoms with van der Waals surface area (Å²) in [6.07, 6.45) is 5.00. The summed E-state index contributed by atoms with van der Waals surface area (Å²) in [6.45, 7) is 3.69. The first kappa shape index (κ1) is 13.4. The Balaban J connectivity index is 2.68. The molecule has 0 unspecified atom stereocenters. The first-order valence-electron chi connectivity index (χ1n) is 5.04. The van der Waals surface area contributed by atoms with Crippen LogP contribution in [-0.4, -0.2) is 24.1 Å². The summed E-state index contributed by atoms with van der Waals surface area (Å²) in [4.78, 5) is 34.6. The molecule has 1 aliphatic rings. The van der Waals surface area contributed by atoms with Gasteiger partial charge in [0.15, 0.2) is 11.6 Å². The third-order valence-corrected chi connectivity index (χ3v) is 2.77. The van der Waals surface area contributed by atoms with Gasteiger partial charge in [-0.25, -0.2) is 4.79 Å². The number of thioether (sulfide) groups is 1. The number of hydrogen-bond donors (Lipinski definition) is 0. The van der Waals surface area contributed by atoms with Crippen molar-refractivity contribution in [1.82, 2.24) is 0 Å². The van der Waals surface area contributed by atoms with Crippen LogP contribution in [0.25, 0.3) is 0 Å². The first-order valence-corrected chi connectivity index (χ1v) is 5.85. The van der Waals surface area contributed by atoms with E-state index in [1.807, 2.05) is 0 Å². The third kappa shape index (κ3) is 4.40. The van der Waals surface area contributed by atoms with Gasteiger partial charge in [0, 0.05) is 12.2 Å². The largest absolute Gasteiger partial charge is 0.463 e. The zero-order chi connectivity index (χ0) is 12.8. The molecule has 5 heteroatoms. The highest BCUT2D eigenvalue weighted by atomic mass is 32.2. The molecule has 0 aromatic carbocycles. The molecular formula is C12H12O4S. The molecule has 0 heterocycles. The van der Waals surface area contributed by atoms with Crippen molar-refractivity contribution in [2.24, 2.45) is 0 Å². The fourth-order valence-electron chi connectivity index (χ4n) is 1.12. The molecule has 0 spiro atoms. The predicted octanol–water partition coefficient (Wildman–Crippen LogP) is 1.78. The van der Waals surface area contributed by atoms with Gasteiger partial charge in [-0.1, -0.05) is 11.8 Å². The number of esters is 1. The number of hydrogen-bond acceptors (Lipinski definition) is 5. The van der Waals surface area contributed by atoms with Crippen molar-refractivity contribution in [3.8, 4) is 0 Å². The minimum atomic E-state index is -0.455. The summed E-state index contributed by atoms with van der Waals surface area (Å²) in [6, 6.07) is 0. The van der Waals surface area contributed by atoms with Crippen molar-refractivity contribution >= 4 is 29.3 Å². The number of rotatable bonds is 4. The first-order chi connectivity index (χ1) is 8.02. The zero-order valence-corrected chi connectivity index (χ0v) is 10.4. The lowest BCUT2D eigenvalue weighted by Gasteiger charge is -2.06. The van der Waals surface area contributed by atoms with Crippen LogP contribution in [0.2, 0.25) is 0 Å². The zero-order valence-electron chi connectivity index (χ0n) is 9.56. The lowest BCUT2D eigenvalue weighted by Crippen LogP contribution is -2.05. The quantitative estimate of drug-likeness (QED) is 0.433. The summed E-state index contributed by atoms with van der Waals surface area (Å²) in [7, 11) is 0. The van der Waals surface area contributed by atoms with E-state index in [0.717, 1.165) is 11.8 Å². The number of allylic oxidation sites excluding steroid dienone is 5. The summed E-state index contributed by atoms with van der Waals surface area (Å²) in [5.41, 5.74) is 0. The van der Waals surface area contributed by atoms with Gasteiger partial charge in [0.25, 0.3) is 0 Å².